The van der Waals surface area contributed by atoms with Gasteiger partial charge in [0.05, 0.1) is 19.7 Å². The number of methoxy groups -OCH3 is 1. The predicted molar refractivity (Wildman–Crippen MR) is 72.0 cm³/mol. The van der Waals surface area contributed by atoms with Crippen LogP contribution < -0.4 is 5.32 Å². The minimum Gasteiger partial charge on any atom is -0.463 e. The van der Waals surface area contributed by atoms with E-state index in [0.717, 1.165) is 11.4 Å². The van der Waals surface area contributed by atoms with E-state index in [4.69, 9.17) is 4.42 Å². The van der Waals surface area contributed by atoms with Crippen LogP contribution in [0.15, 0.2) is 28.1 Å². The van der Waals surface area contributed by atoms with Gasteiger partial charge in [-0.05, 0) is 18.6 Å². The number of thiazole rings is 1. The van der Waals surface area contributed by atoms with Crippen molar-refractivity contribution in [2.45, 2.75) is 25.9 Å². The van der Waals surface area contributed by atoms with Crippen molar-refractivity contribution in [2.24, 2.45) is 0 Å². The van der Waals surface area contributed by atoms with Crippen LogP contribution in [-0.2, 0) is 11.3 Å². The molecule has 0 spiro atoms. The van der Waals surface area contributed by atoms with E-state index >= 15 is 0 Å². The van der Waals surface area contributed by atoms with Crippen LogP contribution in [0.25, 0.3) is 0 Å². The zero-order valence-electron chi connectivity index (χ0n) is 10.9. The third-order valence-electron chi connectivity index (χ3n) is 2.73. The van der Waals surface area contributed by atoms with Gasteiger partial charge >= 0.3 is 5.97 Å². The minimum absolute atomic E-state index is 0.201. The Labute approximate surface area is 115 Å². The summed E-state index contributed by atoms with van der Waals surface area (Å²) in [6.07, 6.45) is 2.74. The van der Waals surface area contributed by atoms with E-state index in [2.05, 4.69) is 22.0 Å². The summed E-state index contributed by atoms with van der Waals surface area (Å²) in [6.45, 7) is 2.65. The third kappa shape index (κ3) is 3.42. The van der Waals surface area contributed by atoms with Crippen molar-refractivity contribution in [2.75, 3.05) is 7.11 Å². The van der Waals surface area contributed by atoms with Crippen molar-refractivity contribution in [1.29, 1.82) is 0 Å². The van der Waals surface area contributed by atoms with Gasteiger partial charge in [0.2, 0.25) is 5.76 Å². The molecule has 0 amide bonds. The van der Waals surface area contributed by atoms with Crippen molar-refractivity contribution >= 4 is 17.3 Å². The topological polar surface area (TPSA) is 64.4 Å². The largest absolute Gasteiger partial charge is 0.463 e. The summed E-state index contributed by atoms with van der Waals surface area (Å²) in [5.74, 6) is 0.468. The average molecular weight is 280 g/mol. The Morgan fingerprint density at radius 2 is 2.42 bits per heavy atom. The van der Waals surface area contributed by atoms with Crippen LogP contribution in [0.2, 0.25) is 0 Å². The molecule has 2 aromatic heterocycles. The van der Waals surface area contributed by atoms with Crippen molar-refractivity contribution in [1.82, 2.24) is 10.3 Å². The first-order chi connectivity index (χ1) is 9.24. The lowest BCUT2D eigenvalue weighted by Gasteiger charge is -2.12. The summed E-state index contributed by atoms with van der Waals surface area (Å²) in [5.41, 5.74) is 0. The fraction of sp³-hybridized carbons (Fsp3) is 0.385. The van der Waals surface area contributed by atoms with Gasteiger partial charge < -0.3 is 14.5 Å². The lowest BCUT2D eigenvalue weighted by atomic mass is 10.2. The Morgan fingerprint density at radius 3 is 3.05 bits per heavy atom. The summed E-state index contributed by atoms with van der Waals surface area (Å²) in [4.78, 5) is 15.6. The number of esters is 1. The molecule has 19 heavy (non-hydrogen) atoms. The second-order valence-corrected chi connectivity index (χ2v) is 4.90. The molecule has 2 rings (SSSR count). The molecule has 102 valence electrons. The molecule has 2 aromatic rings. The zero-order chi connectivity index (χ0) is 13.7. The molecule has 0 saturated heterocycles. The van der Waals surface area contributed by atoms with E-state index in [1.807, 2.05) is 5.38 Å². The van der Waals surface area contributed by atoms with Crippen LogP contribution in [0, 0.1) is 0 Å². The van der Waals surface area contributed by atoms with Crippen molar-refractivity contribution in [3.05, 3.63) is 40.2 Å². The number of aromatic nitrogens is 1. The molecule has 0 saturated carbocycles. The van der Waals surface area contributed by atoms with E-state index in [9.17, 15) is 4.79 Å². The quantitative estimate of drug-likeness (QED) is 0.824. The summed E-state index contributed by atoms with van der Waals surface area (Å²) in [6, 6.07) is 3.59. The Balaban J connectivity index is 1.94. The van der Waals surface area contributed by atoms with Gasteiger partial charge in [0, 0.05) is 11.6 Å². The Hall–Kier alpha value is -1.66. The molecule has 0 bridgehead atoms. The Bertz CT molecular complexity index is 522. The van der Waals surface area contributed by atoms with Crippen LogP contribution in [0.1, 0.15) is 40.7 Å². The molecule has 5 nitrogen and oxygen atoms in total. The fourth-order valence-electron chi connectivity index (χ4n) is 1.72. The Kier molecular flexibility index (Phi) is 4.70. The van der Waals surface area contributed by atoms with Gasteiger partial charge in [0.15, 0.2) is 0 Å². The maximum absolute atomic E-state index is 11.3. The highest BCUT2D eigenvalue weighted by atomic mass is 32.1. The van der Waals surface area contributed by atoms with Crippen molar-refractivity contribution in [3.8, 4) is 0 Å². The molecule has 0 aliphatic heterocycles. The van der Waals surface area contributed by atoms with Gasteiger partial charge in [0.25, 0.3) is 0 Å². The Morgan fingerprint density at radius 1 is 1.58 bits per heavy atom. The fourth-order valence-corrected chi connectivity index (χ4v) is 2.52. The summed E-state index contributed by atoms with van der Waals surface area (Å²) >= 11 is 1.63. The summed E-state index contributed by atoms with van der Waals surface area (Å²) in [7, 11) is 1.33. The first kappa shape index (κ1) is 13.8. The molecule has 1 atom stereocenters. The summed E-state index contributed by atoms with van der Waals surface area (Å²) < 4.78 is 9.99. The number of nitrogens with one attached hydrogen (secondary N) is 1. The minimum atomic E-state index is -0.460. The van der Waals surface area contributed by atoms with E-state index in [1.165, 1.54) is 7.11 Å². The molecule has 0 radical (unpaired) electrons. The maximum atomic E-state index is 11.3. The number of carbonyl (C=O) groups excluding carboxylic acids is 1. The molecule has 2 heterocycles. The summed E-state index contributed by atoms with van der Waals surface area (Å²) in [5, 5.41) is 6.38. The first-order valence-corrected chi connectivity index (χ1v) is 6.92. The van der Waals surface area contributed by atoms with Crippen molar-refractivity contribution < 1.29 is 13.9 Å². The molecule has 1 N–H and O–H groups in total. The molecule has 6 heteroatoms. The SMILES string of the molecule is CCC(NCc1ccc(C(=O)OC)o1)c1nccs1. The number of rotatable bonds is 6. The van der Waals surface area contributed by atoms with Crippen LogP contribution in [0.4, 0.5) is 0 Å². The van der Waals surface area contributed by atoms with Gasteiger partial charge in [-0.3, -0.25) is 0 Å². The smallest absolute Gasteiger partial charge is 0.373 e. The van der Waals surface area contributed by atoms with Gasteiger partial charge in [-0.1, -0.05) is 6.92 Å². The second kappa shape index (κ2) is 6.49. The highest BCUT2D eigenvalue weighted by Gasteiger charge is 2.14. The molecule has 0 aliphatic carbocycles. The van der Waals surface area contributed by atoms with E-state index in [-0.39, 0.29) is 11.8 Å². The number of hydrogen-bond donors (Lipinski definition) is 1. The normalized spacial score (nSPS) is 12.3. The number of ether oxygens (including phenoxy) is 1. The van der Waals surface area contributed by atoms with Gasteiger partial charge in [-0.25, -0.2) is 9.78 Å². The monoisotopic (exact) mass is 280 g/mol. The molecule has 0 aliphatic rings. The molecule has 1 unspecified atom stereocenters. The third-order valence-corrected chi connectivity index (χ3v) is 3.62. The highest BCUT2D eigenvalue weighted by molar-refractivity contribution is 7.09. The molecular weight excluding hydrogens is 264 g/mol. The van der Waals surface area contributed by atoms with Crippen molar-refractivity contribution in [3.63, 3.8) is 0 Å². The van der Waals surface area contributed by atoms with Crippen LogP contribution in [0.5, 0.6) is 0 Å². The molecular formula is C13H16N2O3S. The second-order valence-electron chi connectivity index (χ2n) is 3.97. The van der Waals surface area contributed by atoms with Crippen LogP contribution in [-0.4, -0.2) is 18.1 Å². The number of nitrogens with zero attached hydrogens (tertiary/aromatic N) is 1. The zero-order valence-corrected chi connectivity index (χ0v) is 11.7. The lowest BCUT2D eigenvalue weighted by molar-refractivity contribution is 0.0563. The van der Waals surface area contributed by atoms with E-state index < -0.39 is 5.97 Å². The standard InChI is InChI=1S/C13H16N2O3S/c1-3-10(12-14-6-7-19-12)15-8-9-4-5-11(18-9)13(16)17-2/h4-7,10,15H,3,8H2,1-2H3. The first-order valence-electron chi connectivity index (χ1n) is 6.04. The van der Waals surface area contributed by atoms with Gasteiger partial charge in [-0.2, -0.15) is 0 Å². The van der Waals surface area contributed by atoms with Crippen LogP contribution in [0.3, 0.4) is 0 Å². The van der Waals surface area contributed by atoms with Gasteiger partial charge in [-0.15, -0.1) is 11.3 Å². The molecule has 0 fully saturated rings. The highest BCUT2D eigenvalue weighted by Crippen LogP contribution is 2.19. The molecule has 0 aromatic carbocycles. The lowest BCUT2D eigenvalue weighted by Crippen LogP contribution is -2.19. The van der Waals surface area contributed by atoms with Crippen LogP contribution >= 0.6 is 11.3 Å². The predicted octanol–water partition coefficient (Wildman–Crippen LogP) is 2.76. The number of hydrogen-bond acceptors (Lipinski definition) is 6. The van der Waals surface area contributed by atoms with E-state index in [0.29, 0.717) is 12.3 Å². The average Bonchev–Trinajstić information content (AvgIpc) is 3.09. The number of furan rings is 1. The maximum Gasteiger partial charge on any atom is 0.373 e. The number of carbonyl (C=O) groups is 1. The van der Waals surface area contributed by atoms with E-state index in [1.54, 1.807) is 29.7 Å². The van der Waals surface area contributed by atoms with Gasteiger partial charge in [0.1, 0.15) is 10.8 Å².